The lowest BCUT2D eigenvalue weighted by Gasteiger charge is -2.11. The van der Waals surface area contributed by atoms with E-state index in [1.54, 1.807) is 22.5 Å². The number of aromatic nitrogens is 6. The van der Waals surface area contributed by atoms with Crippen molar-refractivity contribution in [3.8, 4) is 11.4 Å². The number of nitrogens with zero attached hydrogens (tertiary/aromatic N) is 6. The molecule has 0 bridgehead atoms. The summed E-state index contributed by atoms with van der Waals surface area (Å²) in [5.74, 6) is 0.943. The first kappa shape index (κ1) is 15.3. The van der Waals surface area contributed by atoms with Gasteiger partial charge in [0.2, 0.25) is 11.7 Å². The lowest BCUT2D eigenvalue weighted by atomic mass is 10.3. The van der Waals surface area contributed by atoms with Crippen LogP contribution in [0, 0.1) is 0 Å². The second-order valence-corrected chi connectivity index (χ2v) is 6.01. The summed E-state index contributed by atoms with van der Waals surface area (Å²) in [7, 11) is 1.77. The van der Waals surface area contributed by atoms with Crippen LogP contribution in [0.15, 0.2) is 71.7 Å². The Balaban J connectivity index is 1.98. The standard InChI is InChI=1S/C19H15N7O/c1-20-18-22-23-19-24(13-8-4-2-5-9-13)17(27)15-12-21-26(16(15)25(18)19)14-10-6-3-7-11-14/h2-12H,1H3,(H,20,22). The average Bonchev–Trinajstić information content (AvgIpc) is 3.34. The number of fused-ring (bicyclic) bond motifs is 3. The second kappa shape index (κ2) is 5.80. The Bertz CT molecular complexity index is 1320. The molecule has 0 unspecified atom stereocenters. The van der Waals surface area contributed by atoms with Gasteiger partial charge in [-0.1, -0.05) is 36.4 Å². The molecular formula is C19H15N7O. The molecule has 5 rings (SSSR count). The molecule has 5 aromatic rings. The highest BCUT2D eigenvalue weighted by Gasteiger charge is 2.21. The molecule has 0 amide bonds. The van der Waals surface area contributed by atoms with Crippen LogP contribution in [0.5, 0.6) is 0 Å². The van der Waals surface area contributed by atoms with Crippen molar-refractivity contribution in [3.63, 3.8) is 0 Å². The van der Waals surface area contributed by atoms with Crippen molar-refractivity contribution in [2.75, 3.05) is 12.4 Å². The normalized spacial score (nSPS) is 11.3. The molecule has 1 N–H and O–H groups in total. The summed E-state index contributed by atoms with van der Waals surface area (Å²) in [6.45, 7) is 0. The molecule has 8 heteroatoms. The van der Waals surface area contributed by atoms with Crippen molar-refractivity contribution in [2.45, 2.75) is 0 Å². The van der Waals surface area contributed by atoms with Gasteiger partial charge in [-0.05, 0) is 24.3 Å². The number of hydrogen-bond acceptors (Lipinski definition) is 5. The van der Waals surface area contributed by atoms with E-state index in [2.05, 4.69) is 20.6 Å². The molecule has 132 valence electrons. The van der Waals surface area contributed by atoms with E-state index in [9.17, 15) is 4.79 Å². The fourth-order valence-electron chi connectivity index (χ4n) is 3.27. The third-order valence-electron chi connectivity index (χ3n) is 4.47. The molecule has 3 aromatic heterocycles. The van der Waals surface area contributed by atoms with E-state index in [4.69, 9.17) is 0 Å². The van der Waals surface area contributed by atoms with Crippen molar-refractivity contribution in [2.24, 2.45) is 0 Å². The zero-order valence-corrected chi connectivity index (χ0v) is 14.4. The van der Waals surface area contributed by atoms with E-state index in [1.807, 2.05) is 65.1 Å². The molecule has 0 radical (unpaired) electrons. The minimum atomic E-state index is -0.194. The Morgan fingerprint density at radius 1 is 0.889 bits per heavy atom. The van der Waals surface area contributed by atoms with Crippen LogP contribution >= 0.6 is 0 Å². The Morgan fingerprint density at radius 2 is 1.56 bits per heavy atom. The Morgan fingerprint density at radius 3 is 2.22 bits per heavy atom. The summed E-state index contributed by atoms with van der Waals surface area (Å²) < 4.78 is 5.08. The number of hydrogen-bond donors (Lipinski definition) is 1. The van der Waals surface area contributed by atoms with Gasteiger partial charge >= 0.3 is 0 Å². The van der Waals surface area contributed by atoms with Gasteiger partial charge in [0, 0.05) is 7.05 Å². The fraction of sp³-hybridized carbons (Fsp3) is 0.0526. The van der Waals surface area contributed by atoms with Crippen molar-refractivity contribution in [3.05, 3.63) is 77.2 Å². The van der Waals surface area contributed by atoms with Gasteiger partial charge in [0.15, 0.2) is 5.65 Å². The van der Waals surface area contributed by atoms with Crippen LogP contribution in [0.3, 0.4) is 0 Å². The SMILES string of the molecule is CNc1nnc2n(-c3ccccc3)c(=O)c3cnn(-c4ccccc4)c3n12. The van der Waals surface area contributed by atoms with Gasteiger partial charge in [-0.2, -0.15) is 5.10 Å². The molecule has 0 aliphatic heterocycles. The third-order valence-corrected chi connectivity index (χ3v) is 4.47. The summed E-state index contributed by atoms with van der Waals surface area (Å²) in [5.41, 5.74) is 1.99. The maximum atomic E-state index is 13.3. The molecule has 0 aliphatic rings. The molecule has 2 aromatic carbocycles. The Labute approximate surface area is 153 Å². The number of benzene rings is 2. The van der Waals surface area contributed by atoms with Crippen molar-refractivity contribution in [1.82, 2.24) is 28.9 Å². The second-order valence-electron chi connectivity index (χ2n) is 6.01. The monoisotopic (exact) mass is 357 g/mol. The first-order chi connectivity index (χ1) is 13.3. The van der Waals surface area contributed by atoms with Gasteiger partial charge in [0.05, 0.1) is 17.6 Å². The van der Waals surface area contributed by atoms with Gasteiger partial charge in [-0.25, -0.2) is 13.6 Å². The van der Waals surface area contributed by atoms with E-state index in [1.165, 1.54) is 0 Å². The Hall–Kier alpha value is -3.94. The summed E-state index contributed by atoms with van der Waals surface area (Å²) in [6.07, 6.45) is 1.59. The molecule has 0 saturated carbocycles. The van der Waals surface area contributed by atoms with E-state index in [-0.39, 0.29) is 5.56 Å². The van der Waals surface area contributed by atoms with Crippen molar-refractivity contribution >= 4 is 22.8 Å². The molecule has 0 saturated heterocycles. The fourth-order valence-corrected chi connectivity index (χ4v) is 3.27. The number of anilines is 1. The lowest BCUT2D eigenvalue weighted by molar-refractivity contribution is 0.879. The minimum Gasteiger partial charge on any atom is -0.357 e. The zero-order chi connectivity index (χ0) is 18.4. The summed E-state index contributed by atoms with van der Waals surface area (Å²) in [4.78, 5) is 13.3. The zero-order valence-electron chi connectivity index (χ0n) is 14.4. The van der Waals surface area contributed by atoms with Crippen LogP contribution in [0.2, 0.25) is 0 Å². The highest BCUT2D eigenvalue weighted by Crippen LogP contribution is 2.22. The summed E-state index contributed by atoms with van der Waals surface area (Å²) in [6, 6.07) is 19.1. The summed E-state index contributed by atoms with van der Waals surface area (Å²) >= 11 is 0. The van der Waals surface area contributed by atoms with Crippen molar-refractivity contribution in [1.29, 1.82) is 0 Å². The molecule has 0 atom stereocenters. The highest BCUT2D eigenvalue weighted by atomic mass is 16.1. The van der Waals surface area contributed by atoms with Gasteiger partial charge in [-0.15, -0.1) is 10.2 Å². The largest absolute Gasteiger partial charge is 0.357 e. The van der Waals surface area contributed by atoms with Gasteiger partial charge in [0.1, 0.15) is 5.39 Å². The maximum Gasteiger partial charge on any atom is 0.270 e. The predicted octanol–water partition coefficient (Wildman–Crippen LogP) is 2.26. The van der Waals surface area contributed by atoms with Gasteiger partial charge < -0.3 is 5.32 Å². The van der Waals surface area contributed by atoms with Crippen LogP contribution in [-0.4, -0.2) is 36.0 Å². The lowest BCUT2D eigenvalue weighted by Crippen LogP contribution is -2.22. The first-order valence-corrected chi connectivity index (χ1v) is 8.46. The molecule has 27 heavy (non-hydrogen) atoms. The van der Waals surface area contributed by atoms with Crippen molar-refractivity contribution < 1.29 is 0 Å². The summed E-state index contributed by atoms with van der Waals surface area (Å²) in [5, 5.41) is 16.5. The molecule has 0 fully saturated rings. The maximum absolute atomic E-state index is 13.3. The third kappa shape index (κ3) is 2.16. The molecule has 0 aliphatic carbocycles. The van der Waals surface area contributed by atoms with E-state index in [0.717, 1.165) is 11.4 Å². The molecule has 0 spiro atoms. The van der Waals surface area contributed by atoms with E-state index < -0.39 is 0 Å². The average molecular weight is 357 g/mol. The highest BCUT2D eigenvalue weighted by molar-refractivity contribution is 5.80. The molecule has 8 nitrogen and oxygen atoms in total. The molecule has 3 heterocycles. The predicted molar refractivity (Wildman–Crippen MR) is 103 cm³/mol. The van der Waals surface area contributed by atoms with Crippen LogP contribution in [0.4, 0.5) is 5.95 Å². The quantitative estimate of drug-likeness (QED) is 0.536. The number of para-hydroxylation sites is 2. The van der Waals surface area contributed by atoms with Gasteiger partial charge in [0.25, 0.3) is 5.56 Å². The molecular weight excluding hydrogens is 342 g/mol. The van der Waals surface area contributed by atoms with Crippen LogP contribution in [0.25, 0.3) is 28.2 Å². The Kier molecular flexibility index (Phi) is 3.29. The smallest absolute Gasteiger partial charge is 0.270 e. The van der Waals surface area contributed by atoms with E-state index in [0.29, 0.717) is 22.8 Å². The van der Waals surface area contributed by atoms with Crippen LogP contribution in [-0.2, 0) is 0 Å². The number of rotatable bonds is 3. The van der Waals surface area contributed by atoms with E-state index >= 15 is 0 Å². The van der Waals surface area contributed by atoms with Crippen LogP contribution in [0.1, 0.15) is 0 Å². The number of nitrogens with one attached hydrogen (secondary N) is 1. The topological polar surface area (TPSA) is 82.0 Å². The minimum absolute atomic E-state index is 0.194. The van der Waals surface area contributed by atoms with Crippen LogP contribution < -0.4 is 10.9 Å². The van der Waals surface area contributed by atoms with Gasteiger partial charge in [-0.3, -0.25) is 4.79 Å². The first-order valence-electron chi connectivity index (χ1n) is 8.46.